The highest BCUT2D eigenvalue weighted by Crippen LogP contribution is 2.25. The van der Waals surface area contributed by atoms with Crippen molar-refractivity contribution in [3.8, 4) is 0 Å². The number of nitrogens with two attached hydrogens (primary N) is 1. The summed E-state index contributed by atoms with van der Waals surface area (Å²) in [6.45, 7) is 1.85. The molecule has 1 aliphatic carbocycles. The summed E-state index contributed by atoms with van der Waals surface area (Å²) in [6, 6.07) is 7.30. The summed E-state index contributed by atoms with van der Waals surface area (Å²) < 4.78 is 18.1. The molecular formula is C17H24ClFN4O. The van der Waals surface area contributed by atoms with E-state index in [4.69, 9.17) is 10.3 Å². The lowest BCUT2D eigenvalue weighted by Gasteiger charge is -2.27. The second kappa shape index (κ2) is 9.11. The zero-order valence-electron chi connectivity index (χ0n) is 13.7. The highest BCUT2D eigenvalue weighted by Gasteiger charge is 2.24. The predicted octanol–water partition coefficient (Wildman–Crippen LogP) is 3.08. The van der Waals surface area contributed by atoms with Crippen LogP contribution in [-0.2, 0) is 19.5 Å². The number of hydrogen-bond acceptors (Lipinski definition) is 5. The zero-order chi connectivity index (χ0) is 16.1. The van der Waals surface area contributed by atoms with E-state index >= 15 is 0 Å². The maximum atomic E-state index is 13.0. The van der Waals surface area contributed by atoms with E-state index in [9.17, 15) is 4.39 Å². The van der Waals surface area contributed by atoms with Gasteiger partial charge in [-0.05, 0) is 37.0 Å². The van der Waals surface area contributed by atoms with Crippen molar-refractivity contribution in [1.29, 1.82) is 0 Å². The Balaban J connectivity index is 0.00000208. The van der Waals surface area contributed by atoms with Crippen LogP contribution in [0.15, 0.2) is 28.8 Å². The fraction of sp³-hybridized carbons (Fsp3) is 0.529. The van der Waals surface area contributed by atoms with E-state index < -0.39 is 0 Å². The molecule has 1 fully saturated rings. The molecule has 1 aromatic carbocycles. The molecule has 24 heavy (non-hydrogen) atoms. The van der Waals surface area contributed by atoms with Crippen LogP contribution in [0.3, 0.4) is 0 Å². The summed E-state index contributed by atoms with van der Waals surface area (Å²) in [5.41, 5.74) is 6.67. The number of nitrogens with zero attached hydrogens (tertiary/aromatic N) is 3. The van der Waals surface area contributed by atoms with Gasteiger partial charge in [-0.1, -0.05) is 30.1 Å². The summed E-state index contributed by atoms with van der Waals surface area (Å²) in [5, 5.41) is 4.01. The van der Waals surface area contributed by atoms with Crippen LogP contribution < -0.4 is 5.73 Å². The molecule has 2 aromatic rings. The van der Waals surface area contributed by atoms with Gasteiger partial charge in [-0.15, -0.1) is 12.4 Å². The smallest absolute Gasteiger partial charge is 0.240 e. The molecule has 3 rings (SSSR count). The van der Waals surface area contributed by atoms with Gasteiger partial charge in [0.25, 0.3) is 0 Å². The molecule has 0 aliphatic heterocycles. The van der Waals surface area contributed by atoms with Crippen LogP contribution in [0, 0.1) is 5.82 Å². The summed E-state index contributed by atoms with van der Waals surface area (Å²) in [7, 11) is 0. The molecule has 2 N–H and O–H groups in total. The van der Waals surface area contributed by atoms with Crippen molar-refractivity contribution in [2.45, 2.75) is 51.2 Å². The lowest BCUT2D eigenvalue weighted by Crippen LogP contribution is -2.35. The Hall–Kier alpha value is -1.50. The molecule has 1 saturated carbocycles. The van der Waals surface area contributed by atoms with Crippen LogP contribution in [-0.4, -0.2) is 27.6 Å². The Morgan fingerprint density at radius 3 is 2.54 bits per heavy atom. The van der Waals surface area contributed by atoms with Gasteiger partial charge in [-0.25, -0.2) is 4.39 Å². The van der Waals surface area contributed by atoms with Crippen LogP contribution >= 0.6 is 12.4 Å². The van der Waals surface area contributed by atoms with Crippen LogP contribution in [0.5, 0.6) is 0 Å². The van der Waals surface area contributed by atoms with Gasteiger partial charge in [0, 0.05) is 12.6 Å². The summed E-state index contributed by atoms with van der Waals surface area (Å²) in [4.78, 5) is 6.73. The number of rotatable bonds is 7. The van der Waals surface area contributed by atoms with Crippen LogP contribution in [0.4, 0.5) is 4.39 Å². The average molecular weight is 355 g/mol. The average Bonchev–Trinajstić information content (AvgIpc) is 3.24. The summed E-state index contributed by atoms with van der Waals surface area (Å²) in [6.07, 6.45) is 5.87. The minimum Gasteiger partial charge on any atom is -0.338 e. The van der Waals surface area contributed by atoms with Crippen molar-refractivity contribution in [3.05, 3.63) is 47.4 Å². The van der Waals surface area contributed by atoms with Gasteiger partial charge in [-0.2, -0.15) is 4.98 Å². The topological polar surface area (TPSA) is 68.2 Å². The molecule has 7 heteroatoms. The molecule has 5 nitrogen and oxygen atoms in total. The van der Waals surface area contributed by atoms with E-state index in [-0.39, 0.29) is 24.8 Å². The van der Waals surface area contributed by atoms with Crippen molar-refractivity contribution in [2.24, 2.45) is 5.73 Å². The summed E-state index contributed by atoms with van der Waals surface area (Å²) >= 11 is 0. The van der Waals surface area contributed by atoms with E-state index in [1.807, 2.05) is 12.1 Å². The first-order chi connectivity index (χ1) is 11.2. The van der Waals surface area contributed by atoms with E-state index in [0.717, 1.165) is 18.5 Å². The normalized spacial score (nSPS) is 15.0. The minimum absolute atomic E-state index is 0. The van der Waals surface area contributed by atoms with Gasteiger partial charge in [0.15, 0.2) is 5.82 Å². The number of aromatic nitrogens is 2. The zero-order valence-corrected chi connectivity index (χ0v) is 14.5. The third-order valence-corrected chi connectivity index (χ3v) is 4.47. The number of halogens is 2. The number of hydrogen-bond donors (Lipinski definition) is 1. The van der Waals surface area contributed by atoms with Gasteiger partial charge < -0.3 is 10.3 Å². The molecule has 0 saturated heterocycles. The van der Waals surface area contributed by atoms with Crippen LogP contribution in [0.1, 0.15) is 43.0 Å². The Morgan fingerprint density at radius 1 is 1.21 bits per heavy atom. The van der Waals surface area contributed by atoms with Crippen molar-refractivity contribution in [3.63, 3.8) is 0 Å². The Morgan fingerprint density at radius 2 is 1.92 bits per heavy atom. The van der Waals surface area contributed by atoms with Gasteiger partial charge in [0.05, 0.1) is 13.1 Å². The standard InChI is InChI=1S/C17H23FN4O.ClH/c18-14-7-5-13(6-8-14)9-10-22(15-3-1-2-4-15)12-16-20-17(11-19)23-21-16;/h5-8,15H,1-4,9-12,19H2;1H. The Labute approximate surface area is 147 Å². The third-order valence-electron chi connectivity index (χ3n) is 4.47. The quantitative estimate of drug-likeness (QED) is 0.827. The maximum Gasteiger partial charge on any atom is 0.240 e. The largest absolute Gasteiger partial charge is 0.338 e. The number of benzene rings is 1. The molecule has 0 unspecified atom stereocenters. The lowest BCUT2D eigenvalue weighted by molar-refractivity contribution is 0.185. The van der Waals surface area contributed by atoms with Crippen molar-refractivity contribution < 1.29 is 8.91 Å². The SMILES string of the molecule is Cl.NCc1nc(CN(CCc2ccc(F)cc2)C2CCCC2)no1. The third kappa shape index (κ3) is 5.00. The molecule has 0 bridgehead atoms. The molecule has 1 heterocycles. The molecule has 1 aromatic heterocycles. The lowest BCUT2D eigenvalue weighted by atomic mass is 10.1. The van der Waals surface area contributed by atoms with E-state index in [1.165, 1.54) is 37.8 Å². The first-order valence-corrected chi connectivity index (χ1v) is 8.24. The van der Waals surface area contributed by atoms with Gasteiger partial charge >= 0.3 is 0 Å². The molecule has 0 spiro atoms. The van der Waals surface area contributed by atoms with Gasteiger partial charge in [0.2, 0.25) is 5.89 Å². The fourth-order valence-corrected chi connectivity index (χ4v) is 3.20. The molecular weight excluding hydrogens is 331 g/mol. The van der Waals surface area contributed by atoms with Crippen molar-refractivity contribution in [2.75, 3.05) is 6.54 Å². The van der Waals surface area contributed by atoms with Crippen molar-refractivity contribution >= 4 is 12.4 Å². The van der Waals surface area contributed by atoms with E-state index in [1.54, 1.807) is 0 Å². The van der Waals surface area contributed by atoms with E-state index in [2.05, 4.69) is 15.0 Å². The highest BCUT2D eigenvalue weighted by atomic mass is 35.5. The predicted molar refractivity (Wildman–Crippen MR) is 92.2 cm³/mol. The van der Waals surface area contributed by atoms with Crippen LogP contribution in [0.2, 0.25) is 0 Å². The van der Waals surface area contributed by atoms with Gasteiger partial charge in [-0.3, -0.25) is 4.90 Å². The first kappa shape index (κ1) is 18.8. The molecule has 0 atom stereocenters. The molecule has 132 valence electrons. The summed E-state index contributed by atoms with van der Waals surface area (Å²) in [5.74, 6) is 0.976. The Bertz CT molecular complexity index is 613. The molecule has 0 radical (unpaired) electrons. The second-order valence-corrected chi connectivity index (χ2v) is 6.09. The molecule has 0 amide bonds. The fourth-order valence-electron chi connectivity index (χ4n) is 3.20. The minimum atomic E-state index is -0.192. The second-order valence-electron chi connectivity index (χ2n) is 6.09. The first-order valence-electron chi connectivity index (χ1n) is 8.24. The molecule has 1 aliphatic rings. The highest BCUT2D eigenvalue weighted by molar-refractivity contribution is 5.85. The van der Waals surface area contributed by atoms with E-state index in [0.29, 0.717) is 24.3 Å². The Kier molecular flexibility index (Phi) is 7.15. The van der Waals surface area contributed by atoms with Gasteiger partial charge in [0.1, 0.15) is 5.82 Å². The maximum absolute atomic E-state index is 13.0. The monoisotopic (exact) mass is 354 g/mol. The van der Waals surface area contributed by atoms with Crippen molar-refractivity contribution in [1.82, 2.24) is 15.0 Å². The van der Waals surface area contributed by atoms with Crippen LogP contribution in [0.25, 0.3) is 0 Å².